The van der Waals surface area contributed by atoms with E-state index >= 15 is 0 Å². The summed E-state index contributed by atoms with van der Waals surface area (Å²) >= 11 is 0. The molecule has 7 nitrogen and oxygen atoms in total. The van der Waals surface area contributed by atoms with Gasteiger partial charge >= 0.3 is 5.97 Å². The molecule has 1 aromatic heterocycles. The van der Waals surface area contributed by atoms with Gasteiger partial charge in [-0.15, -0.1) is 0 Å². The average molecular weight is 347 g/mol. The van der Waals surface area contributed by atoms with Gasteiger partial charge in [0, 0.05) is 39.8 Å². The van der Waals surface area contributed by atoms with Crippen molar-refractivity contribution >= 4 is 17.6 Å². The van der Waals surface area contributed by atoms with Crippen LogP contribution in [0.1, 0.15) is 32.6 Å². The number of piperidine rings is 1. The largest absolute Gasteiger partial charge is 0.480 e. The molecular weight excluding hydrogens is 318 g/mol. The van der Waals surface area contributed by atoms with E-state index in [-0.39, 0.29) is 11.5 Å². The molecule has 7 heteroatoms. The lowest BCUT2D eigenvalue weighted by Gasteiger charge is -2.40. The minimum Gasteiger partial charge on any atom is -0.480 e. The van der Waals surface area contributed by atoms with Crippen LogP contribution in [0.25, 0.3) is 0 Å². The predicted molar refractivity (Wildman–Crippen MR) is 98.1 cm³/mol. The van der Waals surface area contributed by atoms with Gasteiger partial charge in [0.15, 0.2) is 0 Å². The van der Waals surface area contributed by atoms with Gasteiger partial charge in [-0.3, -0.25) is 9.69 Å². The van der Waals surface area contributed by atoms with E-state index in [0.29, 0.717) is 0 Å². The van der Waals surface area contributed by atoms with Gasteiger partial charge in [0.1, 0.15) is 24.0 Å². The van der Waals surface area contributed by atoms with Crippen LogP contribution in [0.3, 0.4) is 0 Å². The van der Waals surface area contributed by atoms with E-state index in [4.69, 9.17) is 0 Å². The number of aliphatic carboxylic acids is 1. The van der Waals surface area contributed by atoms with Gasteiger partial charge in [-0.1, -0.05) is 6.92 Å². The topological polar surface area (TPSA) is 72.8 Å². The Hall–Kier alpha value is -1.89. The summed E-state index contributed by atoms with van der Waals surface area (Å²) in [6.07, 6.45) is 5.45. The summed E-state index contributed by atoms with van der Waals surface area (Å²) in [5, 5.41) is 9.56. The van der Waals surface area contributed by atoms with Gasteiger partial charge in [0.25, 0.3) is 0 Å². The fourth-order valence-corrected chi connectivity index (χ4v) is 4.24. The molecule has 2 fully saturated rings. The molecule has 3 heterocycles. The zero-order valence-corrected chi connectivity index (χ0v) is 15.5. The highest BCUT2D eigenvalue weighted by Gasteiger charge is 2.47. The van der Waals surface area contributed by atoms with Crippen molar-refractivity contribution in [2.45, 2.75) is 38.6 Å². The van der Waals surface area contributed by atoms with Crippen LogP contribution < -0.4 is 9.80 Å². The molecule has 0 radical (unpaired) electrons. The van der Waals surface area contributed by atoms with Crippen LogP contribution in [0, 0.1) is 5.41 Å². The number of nitrogens with zero attached hydrogens (tertiary/aromatic N) is 5. The van der Waals surface area contributed by atoms with Crippen LogP contribution in [0.2, 0.25) is 0 Å². The monoisotopic (exact) mass is 347 g/mol. The minimum absolute atomic E-state index is 0.145. The summed E-state index contributed by atoms with van der Waals surface area (Å²) in [6.45, 7) is 5.76. The molecule has 2 saturated heterocycles. The number of hydrogen-bond acceptors (Lipinski definition) is 6. The number of anilines is 2. The Morgan fingerprint density at radius 2 is 2.08 bits per heavy atom. The maximum absolute atomic E-state index is 11.6. The number of carbonyl (C=O) groups is 1. The van der Waals surface area contributed by atoms with Crippen LogP contribution in [-0.4, -0.2) is 72.3 Å². The highest BCUT2D eigenvalue weighted by atomic mass is 16.4. The molecule has 2 aliphatic rings. The summed E-state index contributed by atoms with van der Waals surface area (Å²) in [6, 6.07) is 1.71. The lowest BCUT2D eigenvalue weighted by Crippen LogP contribution is -2.42. The molecule has 25 heavy (non-hydrogen) atoms. The van der Waals surface area contributed by atoms with Gasteiger partial charge in [0.05, 0.1) is 0 Å². The third-order valence-corrected chi connectivity index (χ3v) is 5.65. The number of rotatable bonds is 5. The molecule has 3 rings (SSSR count). The van der Waals surface area contributed by atoms with E-state index in [9.17, 15) is 9.90 Å². The quantitative estimate of drug-likeness (QED) is 0.869. The van der Waals surface area contributed by atoms with E-state index in [0.717, 1.165) is 63.5 Å². The van der Waals surface area contributed by atoms with Gasteiger partial charge in [0.2, 0.25) is 0 Å². The van der Waals surface area contributed by atoms with Gasteiger partial charge in [-0.2, -0.15) is 0 Å². The van der Waals surface area contributed by atoms with E-state index in [1.54, 1.807) is 6.33 Å². The maximum Gasteiger partial charge on any atom is 0.320 e. The number of likely N-dealkylation sites (tertiary alicyclic amines) is 1. The molecule has 1 spiro atoms. The molecule has 0 bridgehead atoms. The van der Waals surface area contributed by atoms with Crippen LogP contribution in [-0.2, 0) is 4.79 Å². The smallest absolute Gasteiger partial charge is 0.320 e. The zero-order chi connectivity index (χ0) is 18.0. The van der Waals surface area contributed by atoms with Gasteiger partial charge < -0.3 is 14.9 Å². The first-order chi connectivity index (χ1) is 11.9. The summed E-state index contributed by atoms with van der Waals surface area (Å²) < 4.78 is 0. The van der Waals surface area contributed by atoms with E-state index in [2.05, 4.69) is 26.7 Å². The van der Waals surface area contributed by atoms with Crippen molar-refractivity contribution in [3.05, 3.63) is 12.4 Å². The highest BCUT2D eigenvalue weighted by Crippen LogP contribution is 2.44. The fraction of sp³-hybridized carbons (Fsp3) is 0.722. The minimum atomic E-state index is -0.667. The first-order valence-corrected chi connectivity index (χ1v) is 9.15. The molecule has 1 N–H and O–H groups in total. The van der Waals surface area contributed by atoms with Gasteiger partial charge in [-0.05, 0) is 37.6 Å². The second-order valence-electron chi connectivity index (χ2n) is 7.64. The molecule has 0 aliphatic carbocycles. The average Bonchev–Trinajstić information content (AvgIpc) is 2.94. The lowest BCUT2D eigenvalue weighted by molar-refractivity contribution is -0.142. The van der Waals surface area contributed by atoms with Crippen molar-refractivity contribution in [2.24, 2.45) is 5.41 Å². The Morgan fingerprint density at radius 1 is 1.36 bits per heavy atom. The summed E-state index contributed by atoms with van der Waals surface area (Å²) in [7, 11) is 3.95. The summed E-state index contributed by atoms with van der Waals surface area (Å²) in [5.41, 5.74) is 0.145. The highest BCUT2D eigenvalue weighted by molar-refractivity contribution is 5.74. The van der Waals surface area contributed by atoms with Crippen LogP contribution in [0.15, 0.2) is 12.4 Å². The number of carboxylic acid groups (broad SMARTS) is 1. The molecule has 2 aliphatic heterocycles. The molecule has 138 valence electrons. The summed E-state index contributed by atoms with van der Waals surface area (Å²) in [5.74, 6) is 1.21. The molecule has 0 unspecified atom stereocenters. The third-order valence-electron chi connectivity index (χ3n) is 5.65. The number of carboxylic acids is 1. The zero-order valence-electron chi connectivity index (χ0n) is 15.5. The number of aromatic nitrogens is 2. The molecule has 1 aromatic rings. The Labute approximate surface area is 149 Å². The van der Waals surface area contributed by atoms with E-state index in [1.807, 2.05) is 25.1 Å². The first-order valence-electron chi connectivity index (χ1n) is 9.15. The van der Waals surface area contributed by atoms with Crippen LogP contribution >= 0.6 is 0 Å². The molecule has 0 aromatic carbocycles. The standard InChI is InChI=1S/C18H29N5O2/c1-4-7-23-12-18(11-14(23)17(24)25)5-8-22(9-6-18)16-10-15(21(2)3)19-13-20-16/h10,13-14H,4-9,11-12H2,1-3H3,(H,24,25)/t14-/m0/s1. The van der Waals surface area contributed by atoms with Crippen LogP contribution in [0.4, 0.5) is 11.6 Å². The maximum atomic E-state index is 11.6. The molecule has 0 saturated carbocycles. The molecule has 0 amide bonds. The summed E-state index contributed by atoms with van der Waals surface area (Å²) in [4.78, 5) is 26.8. The number of hydrogen-bond donors (Lipinski definition) is 1. The van der Waals surface area contributed by atoms with Crippen molar-refractivity contribution in [3.8, 4) is 0 Å². The predicted octanol–water partition coefficient (Wildman–Crippen LogP) is 1.70. The second-order valence-corrected chi connectivity index (χ2v) is 7.64. The Morgan fingerprint density at radius 3 is 2.68 bits per heavy atom. The Balaban J connectivity index is 1.67. The van der Waals surface area contributed by atoms with Crippen LogP contribution in [0.5, 0.6) is 0 Å². The normalized spacial score (nSPS) is 23.2. The second kappa shape index (κ2) is 7.15. The van der Waals surface area contributed by atoms with Crippen molar-refractivity contribution < 1.29 is 9.90 Å². The lowest BCUT2D eigenvalue weighted by atomic mass is 9.76. The Kier molecular flexibility index (Phi) is 5.13. The van der Waals surface area contributed by atoms with E-state index < -0.39 is 5.97 Å². The first kappa shape index (κ1) is 17.9. The van der Waals surface area contributed by atoms with Crippen molar-refractivity contribution in [1.29, 1.82) is 0 Å². The third kappa shape index (κ3) is 3.71. The van der Waals surface area contributed by atoms with Crippen molar-refractivity contribution in [1.82, 2.24) is 14.9 Å². The van der Waals surface area contributed by atoms with E-state index in [1.165, 1.54) is 0 Å². The SMILES string of the molecule is CCCN1CC2(CCN(c3cc(N(C)C)ncn3)CC2)C[C@H]1C(=O)O. The molecular formula is C18H29N5O2. The fourth-order valence-electron chi connectivity index (χ4n) is 4.24. The van der Waals surface area contributed by atoms with Gasteiger partial charge in [-0.25, -0.2) is 9.97 Å². The Bertz CT molecular complexity index is 613. The molecule has 1 atom stereocenters. The van der Waals surface area contributed by atoms with Crippen molar-refractivity contribution in [2.75, 3.05) is 50.1 Å². The van der Waals surface area contributed by atoms with Crippen molar-refractivity contribution in [3.63, 3.8) is 0 Å².